The Morgan fingerprint density at radius 1 is 1.24 bits per heavy atom. The van der Waals surface area contributed by atoms with Crippen LogP contribution >= 0.6 is 0 Å². The molecule has 1 aromatic rings. The summed E-state index contributed by atoms with van der Waals surface area (Å²) in [6.45, 7) is 5.05. The van der Waals surface area contributed by atoms with Gasteiger partial charge in [0.05, 0.1) is 0 Å². The number of hydrogen-bond acceptors (Lipinski definition) is 4. The molecule has 7 heteroatoms. The van der Waals surface area contributed by atoms with E-state index in [1.54, 1.807) is 20.8 Å². The van der Waals surface area contributed by atoms with Crippen molar-refractivity contribution in [2.45, 2.75) is 32.4 Å². The number of benzene rings is 1. The maximum atomic E-state index is 11.7. The number of alkyl carbamates (subject to hydrolysis) is 1. The fourth-order valence-electron chi connectivity index (χ4n) is 1.55. The Bertz CT molecular complexity index is 519. The number of carboxylic acids is 1. The van der Waals surface area contributed by atoms with Gasteiger partial charge in [-0.05, 0) is 38.5 Å². The van der Waals surface area contributed by atoms with Crippen molar-refractivity contribution >= 4 is 24.2 Å². The van der Waals surface area contributed by atoms with E-state index < -0.39 is 23.7 Å². The van der Waals surface area contributed by atoms with Crippen molar-refractivity contribution in [3.63, 3.8) is 0 Å². The number of amides is 2. The van der Waals surface area contributed by atoms with Crippen LogP contribution in [0.3, 0.4) is 0 Å². The molecule has 0 fully saturated rings. The highest BCUT2D eigenvalue weighted by Crippen LogP contribution is 2.17. The van der Waals surface area contributed by atoms with E-state index in [-0.39, 0.29) is 0 Å². The zero-order chi connectivity index (χ0) is 16.0. The molecule has 1 rings (SSSR count). The maximum absolute atomic E-state index is 11.7. The molecular weight excluding hydrogens is 276 g/mol. The predicted molar refractivity (Wildman–Crippen MR) is 75.9 cm³/mol. The van der Waals surface area contributed by atoms with Crippen LogP contribution in [-0.4, -0.2) is 29.2 Å². The van der Waals surface area contributed by atoms with Crippen LogP contribution < -0.4 is 10.6 Å². The van der Waals surface area contributed by atoms with Gasteiger partial charge < -0.3 is 20.5 Å². The first-order chi connectivity index (χ1) is 9.73. The normalized spacial score (nSPS) is 12.1. The van der Waals surface area contributed by atoms with Gasteiger partial charge in [-0.3, -0.25) is 4.79 Å². The van der Waals surface area contributed by atoms with E-state index >= 15 is 0 Å². The third-order valence-electron chi connectivity index (χ3n) is 2.38. The van der Waals surface area contributed by atoms with Crippen molar-refractivity contribution in [2.75, 3.05) is 5.32 Å². The Morgan fingerprint density at radius 2 is 1.81 bits per heavy atom. The van der Waals surface area contributed by atoms with Crippen molar-refractivity contribution in [2.24, 2.45) is 0 Å². The van der Waals surface area contributed by atoms with Crippen LogP contribution in [0.15, 0.2) is 24.3 Å². The van der Waals surface area contributed by atoms with Crippen LogP contribution in [0.5, 0.6) is 0 Å². The van der Waals surface area contributed by atoms with Crippen molar-refractivity contribution in [1.82, 2.24) is 5.32 Å². The number of nitrogens with one attached hydrogen (secondary N) is 2. The number of aliphatic carboxylic acids is 1. The highest BCUT2D eigenvalue weighted by molar-refractivity contribution is 5.82. The Hall–Kier alpha value is -2.57. The smallest absolute Gasteiger partial charge is 0.408 e. The van der Waals surface area contributed by atoms with E-state index in [0.717, 1.165) is 0 Å². The molecular formula is C14H18N2O5. The number of hydrogen-bond donors (Lipinski definition) is 3. The van der Waals surface area contributed by atoms with E-state index in [1.165, 1.54) is 24.3 Å². The van der Waals surface area contributed by atoms with Gasteiger partial charge in [-0.25, -0.2) is 9.59 Å². The third-order valence-corrected chi connectivity index (χ3v) is 2.38. The second-order valence-electron chi connectivity index (χ2n) is 5.30. The van der Waals surface area contributed by atoms with E-state index in [9.17, 15) is 19.5 Å². The first-order valence-electron chi connectivity index (χ1n) is 6.25. The highest BCUT2D eigenvalue weighted by Gasteiger charge is 2.25. The molecule has 0 aliphatic heterocycles. The number of carbonyl (C=O) groups is 3. The largest absolute Gasteiger partial charge is 0.479 e. The van der Waals surface area contributed by atoms with Gasteiger partial charge in [-0.2, -0.15) is 0 Å². The van der Waals surface area contributed by atoms with Gasteiger partial charge in [0.2, 0.25) is 6.41 Å². The van der Waals surface area contributed by atoms with Gasteiger partial charge in [-0.15, -0.1) is 0 Å². The molecule has 0 radical (unpaired) electrons. The molecule has 1 unspecified atom stereocenters. The van der Waals surface area contributed by atoms with Crippen LogP contribution in [0.2, 0.25) is 0 Å². The summed E-state index contributed by atoms with van der Waals surface area (Å²) in [7, 11) is 0. The second kappa shape index (κ2) is 6.74. The lowest BCUT2D eigenvalue weighted by atomic mass is 10.1. The quantitative estimate of drug-likeness (QED) is 0.719. The van der Waals surface area contributed by atoms with E-state index in [2.05, 4.69) is 10.6 Å². The summed E-state index contributed by atoms with van der Waals surface area (Å²) in [5, 5.41) is 13.9. The molecule has 3 N–H and O–H groups in total. The molecule has 114 valence electrons. The summed E-state index contributed by atoms with van der Waals surface area (Å²) in [5.41, 5.74) is 0.171. The topological polar surface area (TPSA) is 105 Å². The standard InChI is InChI=1S/C14H18N2O5/c1-14(2,3)21-13(20)16-11(12(18)19)9-4-6-10(7-5-9)15-8-17/h4-8,11H,1-3H3,(H,15,17)(H,16,20)(H,18,19). The number of ether oxygens (including phenoxy) is 1. The summed E-state index contributed by atoms with van der Waals surface area (Å²) in [6, 6.07) is 4.85. The summed E-state index contributed by atoms with van der Waals surface area (Å²) in [4.78, 5) is 33.2. The molecule has 0 saturated heterocycles. The lowest BCUT2D eigenvalue weighted by Gasteiger charge is -2.22. The monoisotopic (exact) mass is 294 g/mol. The number of carbonyl (C=O) groups excluding carboxylic acids is 2. The van der Waals surface area contributed by atoms with Gasteiger partial charge >= 0.3 is 12.1 Å². The Balaban J connectivity index is 2.84. The molecule has 2 amide bonds. The maximum Gasteiger partial charge on any atom is 0.408 e. The third kappa shape index (κ3) is 5.52. The average Bonchev–Trinajstić information content (AvgIpc) is 2.35. The number of carboxylic acid groups (broad SMARTS) is 1. The lowest BCUT2D eigenvalue weighted by Crippen LogP contribution is -2.38. The molecule has 7 nitrogen and oxygen atoms in total. The van der Waals surface area contributed by atoms with Crippen molar-refractivity contribution in [1.29, 1.82) is 0 Å². The minimum Gasteiger partial charge on any atom is -0.479 e. The van der Waals surface area contributed by atoms with Gasteiger partial charge in [0.1, 0.15) is 5.60 Å². The van der Waals surface area contributed by atoms with Gasteiger partial charge in [0.15, 0.2) is 6.04 Å². The van der Waals surface area contributed by atoms with Crippen molar-refractivity contribution in [3.05, 3.63) is 29.8 Å². The SMILES string of the molecule is CC(C)(C)OC(=O)NC(C(=O)O)c1ccc(NC=O)cc1. The molecule has 1 atom stereocenters. The minimum atomic E-state index is -1.23. The molecule has 0 spiro atoms. The molecule has 0 saturated carbocycles. The van der Waals surface area contributed by atoms with Gasteiger partial charge in [0.25, 0.3) is 0 Å². The number of rotatable bonds is 5. The Labute approximate surface area is 122 Å². The zero-order valence-corrected chi connectivity index (χ0v) is 12.0. The molecule has 21 heavy (non-hydrogen) atoms. The molecule has 0 aliphatic rings. The average molecular weight is 294 g/mol. The summed E-state index contributed by atoms with van der Waals surface area (Å²) in [5.74, 6) is -1.21. The summed E-state index contributed by atoms with van der Waals surface area (Å²) >= 11 is 0. The minimum absolute atomic E-state index is 0.366. The molecule has 0 bridgehead atoms. The van der Waals surface area contributed by atoms with E-state index in [0.29, 0.717) is 17.7 Å². The van der Waals surface area contributed by atoms with Crippen molar-refractivity contribution in [3.8, 4) is 0 Å². The Morgan fingerprint density at radius 3 is 2.24 bits per heavy atom. The van der Waals surface area contributed by atoms with Crippen LogP contribution in [-0.2, 0) is 14.3 Å². The molecule has 0 aromatic heterocycles. The van der Waals surface area contributed by atoms with E-state index in [4.69, 9.17) is 4.74 Å². The summed E-state index contributed by atoms with van der Waals surface area (Å²) in [6.07, 6.45) is -0.298. The molecule has 0 heterocycles. The van der Waals surface area contributed by atoms with Crippen molar-refractivity contribution < 1.29 is 24.2 Å². The summed E-state index contributed by atoms with van der Waals surface area (Å²) < 4.78 is 5.03. The molecule has 0 aliphatic carbocycles. The van der Waals surface area contributed by atoms with Gasteiger partial charge in [-0.1, -0.05) is 12.1 Å². The Kier molecular flexibility index (Phi) is 5.29. The first-order valence-corrected chi connectivity index (χ1v) is 6.25. The van der Waals surface area contributed by atoms with Gasteiger partial charge in [0, 0.05) is 5.69 Å². The van der Waals surface area contributed by atoms with Crippen LogP contribution in [0.1, 0.15) is 32.4 Å². The highest BCUT2D eigenvalue weighted by atomic mass is 16.6. The first kappa shape index (κ1) is 16.5. The number of anilines is 1. The predicted octanol–water partition coefficient (Wildman–Crippen LogP) is 1.91. The fraction of sp³-hybridized carbons (Fsp3) is 0.357. The van der Waals surface area contributed by atoms with E-state index in [1.807, 2.05) is 0 Å². The lowest BCUT2D eigenvalue weighted by molar-refractivity contribution is -0.139. The van der Waals surface area contributed by atoms with Crippen LogP contribution in [0.4, 0.5) is 10.5 Å². The van der Waals surface area contributed by atoms with Crippen LogP contribution in [0, 0.1) is 0 Å². The molecule has 1 aromatic carbocycles. The second-order valence-corrected chi connectivity index (χ2v) is 5.30. The zero-order valence-electron chi connectivity index (χ0n) is 12.0. The van der Waals surface area contributed by atoms with Crippen LogP contribution in [0.25, 0.3) is 0 Å². The fourth-order valence-corrected chi connectivity index (χ4v) is 1.55.